The van der Waals surface area contributed by atoms with Crippen LogP contribution in [-0.4, -0.2) is 56.2 Å². The fourth-order valence-electron chi connectivity index (χ4n) is 3.65. The van der Waals surface area contributed by atoms with Gasteiger partial charge < -0.3 is 15.4 Å². The summed E-state index contributed by atoms with van der Waals surface area (Å²) >= 11 is 5.85. The van der Waals surface area contributed by atoms with E-state index < -0.39 is 0 Å². The van der Waals surface area contributed by atoms with Crippen LogP contribution in [0, 0.1) is 0 Å². The molecule has 1 atom stereocenters. The van der Waals surface area contributed by atoms with Crippen molar-refractivity contribution in [3.8, 4) is 5.75 Å². The molecule has 2 heterocycles. The van der Waals surface area contributed by atoms with Crippen LogP contribution in [0.4, 0.5) is 0 Å². The molecule has 30 heavy (non-hydrogen) atoms. The van der Waals surface area contributed by atoms with E-state index in [0.29, 0.717) is 5.15 Å². The number of aromatic nitrogens is 1. The molecule has 1 saturated heterocycles. The number of aliphatic imine (C=N–C) groups is 1. The molecule has 3 rings (SSSR count). The molecule has 8 heteroatoms. The first kappa shape index (κ1) is 24.7. The van der Waals surface area contributed by atoms with Crippen molar-refractivity contribution in [2.75, 3.05) is 40.3 Å². The number of benzene rings is 1. The Labute approximate surface area is 201 Å². The summed E-state index contributed by atoms with van der Waals surface area (Å²) in [6.07, 6.45) is 5.17. The maximum absolute atomic E-state index is 5.85. The molecule has 0 radical (unpaired) electrons. The number of rotatable bonds is 8. The predicted octanol–water partition coefficient (Wildman–Crippen LogP) is 3.91. The minimum Gasteiger partial charge on any atom is -0.497 e. The van der Waals surface area contributed by atoms with Crippen molar-refractivity contribution in [1.29, 1.82) is 0 Å². The SMILES string of the molecule is CN=C(NCCc1ccc(Cl)nc1)NCC(c1cccc(OC)c1)N1CCCC1.I. The van der Waals surface area contributed by atoms with Crippen molar-refractivity contribution in [2.24, 2.45) is 4.99 Å². The molecular formula is C22H31ClIN5O. The molecule has 2 N–H and O–H groups in total. The van der Waals surface area contributed by atoms with Gasteiger partial charge in [-0.1, -0.05) is 29.8 Å². The third-order valence-corrected chi connectivity index (χ3v) is 5.46. The van der Waals surface area contributed by atoms with E-state index in [-0.39, 0.29) is 30.0 Å². The summed E-state index contributed by atoms with van der Waals surface area (Å²) in [7, 11) is 3.51. The monoisotopic (exact) mass is 543 g/mol. The van der Waals surface area contributed by atoms with E-state index in [1.807, 2.05) is 24.4 Å². The Kier molecular flexibility index (Phi) is 10.7. The largest absolute Gasteiger partial charge is 0.497 e. The summed E-state index contributed by atoms with van der Waals surface area (Å²) in [6, 6.07) is 12.5. The first-order valence-electron chi connectivity index (χ1n) is 10.1. The first-order valence-corrected chi connectivity index (χ1v) is 10.5. The lowest BCUT2D eigenvalue weighted by molar-refractivity contribution is 0.245. The van der Waals surface area contributed by atoms with Gasteiger partial charge in [0.2, 0.25) is 0 Å². The van der Waals surface area contributed by atoms with Gasteiger partial charge in [0, 0.05) is 26.3 Å². The fourth-order valence-corrected chi connectivity index (χ4v) is 3.77. The molecule has 1 fully saturated rings. The number of guanidine groups is 1. The van der Waals surface area contributed by atoms with Crippen molar-refractivity contribution in [2.45, 2.75) is 25.3 Å². The van der Waals surface area contributed by atoms with Crippen LogP contribution in [0.1, 0.15) is 30.0 Å². The van der Waals surface area contributed by atoms with Crippen LogP contribution in [0.5, 0.6) is 5.75 Å². The van der Waals surface area contributed by atoms with Gasteiger partial charge in [0.05, 0.1) is 13.2 Å². The second-order valence-electron chi connectivity index (χ2n) is 7.15. The van der Waals surface area contributed by atoms with E-state index in [0.717, 1.165) is 49.9 Å². The van der Waals surface area contributed by atoms with Gasteiger partial charge in [-0.15, -0.1) is 24.0 Å². The maximum atomic E-state index is 5.85. The van der Waals surface area contributed by atoms with Crippen molar-refractivity contribution >= 4 is 41.5 Å². The highest BCUT2D eigenvalue weighted by Crippen LogP contribution is 2.27. The fraction of sp³-hybridized carbons (Fsp3) is 0.455. The van der Waals surface area contributed by atoms with Gasteiger partial charge in [-0.2, -0.15) is 0 Å². The Balaban J connectivity index is 0.00000320. The summed E-state index contributed by atoms with van der Waals surface area (Å²) in [5.74, 6) is 1.70. The molecule has 1 aromatic heterocycles. The lowest BCUT2D eigenvalue weighted by Gasteiger charge is -2.29. The van der Waals surface area contributed by atoms with Gasteiger partial charge in [0.15, 0.2) is 5.96 Å². The zero-order valence-corrected chi connectivity index (χ0v) is 20.7. The van der Waals surface area contributed by atoms with E-state index in [4.69, 9.17) is 16.3 Å². The number of methoxy groups -OCH3 is 1. The molecule has 164 valence electrons. The van der Waals surface area contributed by atoms with Crippen LogP contribution in [0.15, 0.2) is 47.6 Å². The standard InChI is InChI=1S/C22H30ClN5O.HI/c1-24-22(25-11-10-17-8-9-21(23)26-15-17)27-16-20(28-12-3-4-13-28)18-6-5-7-19(14-18)29-2;/h5-9,14-15,20H,3-4,10-13,16H2,1-2H3,(H2,24,25,27);1H. The summed E-state index contributed by atoms with van der Waals surface area (Å²) < 4.78 is 5.43. The quantitative estimate of drug-likeness (QED) is 0.229. The third-order valence-electron chi connectivity index (χ3n) is 5.24. The second-order valence-corrected chi connectivity index (χ2v) is 7.54. The second kappa shape index (κ2) is 13.0. The van der Waals surface area contributed by atoms with Crippen LogP contribution in [0.25, 0.3) is 0 Å². The van der Waals surface area contributed by atoms with Gasteiger partial charge in [-0.3, -0.25) is 9.89 Å². The Morgan fingerprint density at radius 2 is 2.03 bits per heavy atom. The first-order chi connectivity index (χ1) is 14.2. The van der Waals surface area contributed by atoms with E-state index in [2.05, 4.69) is 43.7 Å². The van der Waals surface area contributed by atoms with Crippen LogP contribution in [-0.2, 0) is 6.42 Å². The van der Waals surface area contributed by atoms with Crippen LogP contribution >= 0.6 is 35.6 Å². The van der Waals surface area contributed by atoms with Crippen molar-refractivity contribution in [3.05, 3.63) is 58.9 Å². The lowest BCUT2D eigenvalue weighted by atomic mass is 10.1. The number of hydrogen-bond acceptors (Lipinski definition) is 4. The molecule has 2 aromatic rings. The predicted molar refractivity (Wildman–Crippen MR) is 134 cm³/mol. The molecule has 0 amide bonds. The zero-order chi connectivity index (χ0) is 20.5. The average molecular weight is 544 g/mol. The molecule has 1 unspecified atom stereocenters. The molecule has 0 aliphatic carbocycles. The van der Waals surface area contributed by atoms with Crippen molar-refractivity contribution < 1.29 is 4.74 Å². The van der Waals surface area contributed by atoms with Crippen LogP contribution in [0.3, 0.4) is 0 Å². The summed E-state index contributed by atoms with van der Waals surface area (Å²) in [5.41, 5.74) is 2.41. The van der Waals surface area contributed by atoms with E-state index in [1.54, 1.807) is 14.2 Å². The minimum absolute atomic E-state index is 0. The van der Waals surface area contributed by atoms with Gasteiger partial charge >= 0.3 is 0 Å². The highest BCUT2D eigenvalue weighted by Gasteiger charge is 2.24. The Hall–Kier alpha value is -1.58. The molecule has 6 nitrogen and oxygen atoms in total. The minimum atomic E-state index is 0. The smallest absolute Gasteiger partial charge is 0.191 e. The number of pyridine rings is 1. The Bertz CT molecular complexity index is 796. The van der Waals surface area contributed by atoms with E-state index >= 15 is 0 Å². The number of nitrogens with one attached hydrogen (secondary N) is 2. The van der Waals surface area contributed by atoms with Crippen molar-refractivity contribution in [3.63, 3.8) is 0 Å². The number of hydrogen-bond donors (Lipinski definition) is 2. The van der Waals surface area contributed by atoms with Gasteiger partial charge in [-0.05, 0) is 61.7 Å². The summed E-state index contributed by atoms with van der Waals surface area (Å²) in [4.78, 5) is 11.0. The maximum Gasteiger partial charge on any atom is 0.191 e. The van der Waals surface area contributed by atoms with E-state index in [1.165, 1.54) is 18.4 Å². The average Bonchev–Trinajstić information content (AvgIpc) is 3.28. The normalized spacial score (nSPS) is 15.4. The molecule has 0 bridgehead atoms. The number of nitrogens with zero attached hydrogens (tertiary/aromatic N) is 3. The molecule has 1 aliphatic rings. The molecular weight excluding hydrogens is 513 g/mol. The van der Waals surface area contributed by atoms with Crippen LogP contribution < -0.4 is 15.4 Å². The van der Waals surface area contributed by atoms with Crippen molar-refractivity contribution in [1.82, 2.24) is 20.5 Å². The molecule has 0 spiro atoms. The van der Waals surface area contributed by atoms with Gasteiger partial charge in [0.25, 0.3) is 0 Å². The topological polar surface area (TPSA) is 61.8 Å². The van der Waals surface area contributed by atoms with Crippen LogP contribution in [0.2, 0.25) is 5.15 Å². The summed E-state index contributed by atoms with van der Waals surface area (Å²) in [6.45, 7) is 3.81. The Morgan fingerprint density at radius 1 is 1.23 bits per heavy atom. The zero-order valence-electron chi connectivity index (χ0n) is 17.6. The summed E-state index contributed by atoms with van der Waals surface area (Å²) in [5, 5.41) is 7.40. The highest BCUT2D eigenvalue weighted by atomic mass is 127. The highest BCUT2D eigenvalue weighted by molar-refractivity contribution is 14.0. The lowest BCUT2D eigenvalue weighted by Crippen LogP contribution is -2.43. The molecule has 0 saturated carbocycles. The number of likely N-dealkylation sites (tertiary alicyclic amines) is 1. The molecule has 1 aromatic carbocycles. The third kappa shape index (κ3) is 7.28. The van der Waals surface area contributed by atoms with Gasteiger partial charge in [0.1, 0.15) is 10.9 Å². The number of ether oxygens (including phenoxy) is 1. The molecule has 1 aliphatic heterocycles. The Morgan fingerprint density at radius 3 is 2.70 bits per heavy atom. The van der Waals surface area contributed by atoms with E-state index in [9.17, 15) is 0 Å². The van der Waals surface area contributed by atoms with Gasteiger partial charge in [-0.25, -0.2) is 4.98 Å². The number of halogens is 2.